The molecule has 0 heterocycles. The number of urea groups is 1. The zero-order chi connectivity index (χ0) is 3.58. The van der Waals surface area contributed by atoms with Gasteiger partial charge in [0.15, 0.2) is 0 Å². The fourth-order valence-electron chi connectivity index (χ4n) is 0. The molecule has 4 heteroatoms. The molecule has 0 saturated carbocycles. The van der Waals surface area contributed by atoms with Crippen LogP contribution >= 0.6 is 0 Å². The summed E-state index contributed by atoms with van der Waals surface area (Å²) in [7, 11) is 0. The van der Waals surface area contributed by atoms with E-state index in [0.29, 0.717) is 0 Å². The van der Waals surface area contributed by atoms with Crippen molar-refractivity contribution in [3.05, 3.63) is 5.73 Å². The molecule has 0 rings (SSSR count). The first-order valence-corrected chi connectivity index (χ1v) is 0.743. The van der Waals surface area contributed by atoms with Gasteiger partial charge < -0.3 is 11.5 Å². The molecule has 3 N–H and O–H groups in total. The van der Waals surface area contributed by atoms with Gasteiger partial charge in [-0.1, -0.05) is 0 Å². The number of nitrogens with two attached hydrogens (primary N) is 1. The second-order valence-electron chi connectivity index (χ2n) is 0.364. The van der Waals surface area contributed by atoms with Crippen molar-refractivity contribution in [2.24, 2.45) is 5.73 Å². The van der Waals surface area contributed by atoms with E-state index < -0.39 is 6.03 Å². The average molecular weight is 115 g/mol. The maximum absolute atomic E-state index is 8.89. The predicted octanol–water partition coefficient (Wildman–Crippen LogP) is 0.115. The van der Waals surface area contributed by atoms with Gasteiger partial charge in [-0.3, -0.25) is 4.79 Å². The Bertz CT molecular complexity index is 32.6. The fourth-order valence-corrected chi connectivity index (χ4v) is 0. The van der Waals surface area contributed by atoms with E-state index in [1.54, 1.807) is 0 Å². The third kappa shape index (κ3) is 274. The summed E-state index contributed by atoms with van der Waals surface area (Å²) in [5, 5.41) is 0. The van der Waals surface area contributed by atoms with Crippen LogP contribution in [0.15, 0.2) is 0 Å². The first kappa shape index (κ1) is 8.84. The summed E-state index contributed by atoms with van der Waals surface area (Å²) in [4.78, 5) is 8.89. The molecule has 2 amide bonds. The number of nitrogens with one attached hydrogen (secondary N) is 1. The van der Waals surface area contributed by atoms with Crippen LogP contribution in [-0.2, 0) is 17.1 Å². The molecule has 0 aromatic heterocycles. The molecule has 0 aromatic rings. The largest absolute Gasteiger partial charge is 0.463 e. The molecule has 3 nitrogen and oxygen atoms in total. The third-order valence-corrected chi connectivity index (χ3v) is 0. The molecule has 32 valence electrons. The van der Waals surface area contributed by atoms with Gasteiger partial charge in [-0.05, 0) is 0 Å². The van der Waals surface area contributed by atoms with Gasteiger partial charge in [-0.25, -0.2) is 0 Å². The van der Waals surface area contributed by atoms with Crippen LogP contribution in [0.4, 0.5) is 4.79 Å². The van der Waals surface area contributed by atoms with E-state index in [4.69, 9.17) is 10.5 Å². The van der Waals surface area contributed by atoms with Gasteiger partial charge in [-0.2, -0.15) is 0 Å². The van der Waals surface area contributed by atoms with Gasteiger partial charge in [0.2, 0.25) is 0 Å². The summed E-state index contributed by atoms with van der Waals surface area (Å²) in [5.41, 5.74) is 9.86. The Kier molecular flexibility index (Phi) is 6.70. The van der Waals surface area contributed by atoms with Crippen LogP contribution in [-0.4, -0.2) is 6.03 Å². The average Bonchev–Trinajstić information content (AvgIpc) is 0.811. The number of carbonyl (C=O) groups excluding carboxylic acids is 1. The van der Waals surface area contributed by atoms with E-state index in [1.807, 2.05) is 0 Å². The Morgan fingerprint density at radius 1 is 1.80 bits per heavy atom. The Morgan fingerprint density at radius 3 is 1.80 bits per heavy atom. The molecule has 0 atom stereocenters. The molecule has 0 aliphatic rings. The fraction of sp³-hybridized carbons (Fsp3) is 0. The van der Waals surface area contributed by atoms with Crippen LogP contribution in [0.25, 0.3) is 5.73 Å². The SMILES string of the molecule is [Fe].[NH-]C(N)=O. The molecule has 0 radical (unpaired) electrons. The van der Waals surface area contributed by atoms with Crippen LogP contribution in [0.5, 0.6) is 0 Å². The second-order valence-corrected chi connectivity index (χ2v) is 0.364. The van der Waals surface area contributed by atoms with E-state index in [0.717, 1.165) is 0 Å². The van der Waals surface area contributed by atoms with Crippen molar-refractivity contribution in [1.82, 2.24) is 0 Å². The normalized spacial score (nSPS) is 4.80. The van der Waals surface area contributed by atoms with E-state index in [2.05, 4.69) is 5.73 Å². The zero-order valence-electron chi connectivity index (χ0n) is 2.34. The molecule has 0 fully saturated rings. The molecule has 0 saturated heterocycles. The molecule has 0 aromatic carbocycles. The topological polar surface area (TPSA) is 66.9 Å². The number of hydrogen-bond donors (Lipinski definition) is 1. The van der Waals surface area contributed by atoms with Crippen molar-refractivity contribution in [1.29, 1.82) is 0 Å². The van der Waals surface area contributed by atoms with Crippen molar-refractivity contribution in [3.63, 3.8) is 0 Å². The Labute approximate surface area is 40.2 Å². The number of rotatable bonds is 0. The minimum atomic E-state index is -1.08. The molecule has 0 bridgehead atoms. The van der Waals surface area contributed by atoms with E-state index in [1.165, 1.54) is 0 Å². The summed E-state index contributed by atoms with van der Waals surface area (Å²) in [6, 6.07) is -1.08. The number of primary amides is 1. The van der Waals surface area contributed by atoms with Gasteiger partial charge in [0, 0.05) is 17.1 Å². The van der Waals surface area contributed by atoms with Crippen LogP contribution in [0.2, 0.25) is 0 Å². The van der Waals surface area contributed by atoms with E-state index in [9.17, 15) is 0 Å². The predicted molar refractivity (Wildman–Crippen MR) is 13.9 cm³/mol. The summed E-state index contributed by atoms with van der Waals surface area (Å²) in [6.07, 6.45) is 0. The van der Waals surface area contributed by atoms with Crippen LogP contribution in [0, 0.1) is 0 Å². The third-order valence-electron chi connectivity index (χ3n) is 0. The minimum Gasteiger partial charge on any atom is -0.463 e. The molecule has 0 aliphatic carbocycles. The maximum Gasteiger partial charge on any atom is 0.147 e. The van der Waals surface area contributed by atoms with Crippen molar-refractivity contribution < 1.29 is 21.9 Å². The molecule has 0 spiro atoms. The second kappa shape index (κ2) is 3.79. The van der Waals surface area contributed by atoms with Gasteiger partial charge in [0.05, 0.1) is 0 Å². The van der Waals surface area contributed by atoms with E-state index in [-0.39, 0.29) is 17.1 Å². The molecule has 0 aliphatic heterocycles. The van der Waals surface area contributed by atoms with Gasteiger partial charge in [-0.15, -0.1) is 0 Å². The zero-order valence-corrected chi connectivity index (χ0v) is 3.44. The molecule has 0 unspecified atom stereocenters. The van der Waals surface area contributed by atoms with Crippen molar-refractivity contribution in [2.45, 2.75) is 0 Å². The Morgan fingerprint density at radius 2 is 1.80 bits per heavy atom. The standard InChI is InChI=1S/CH4N2O.Fe/c2-1(3)4;/h(H4,2,3,4);/p-1. The van der Waals surface area contributed by atoms with Crippen LogP contribution < -0.4 is 5.73 Å². The number of hydrogen-bond acceptors (Lipinski definition) is 1. The summed E-state index contributed by atoms with van der Waals surface area (Å²) in [5.74, 6) is 0. The van der Waals surface area contributed by atoms with Gasteiger partial charge >= 0.3 is 0 Å². The van der Waals surface area contributed by atoms with Crippen molar-refractivity contribution in [3.8, 4) is 0 Å². The van der Waals surface area contributed by atoms with Crippen molar-refractivity contribution in [2.75, 3.05) is 0 Å². The maximum atomic E-state index is 8.89. The van der Waals surface area contributed by atoms with Gasteiger partial charge in [0.25, 0.3) is 0 Å². The minimum absolute atomic E-state index is 0. The number of carbonyl (C=O) groups is 1. The van der Waals surface area contributed by atoms with Gasteiger partial charge in [0.1, 0.15) is 6.03 Å². The molecular weight excluding hydrogens is 112 g/mol. The Balaban J connectivity index is 0. The number of amides is 2. The first-order chi connectivity index (χ1) is 1.73. The molecule has 5 heavy (non-hydrogen) atoms. The smallest absolute Gasteiger partial charge is 0.147 e. The summed E-state index contributed by atoms with van der Waals surface area (Å²) in [6.45, 7) is 0. The quantitative estimate of drug-likeness (QED) is 0.447. The Hall–Kier alpha value is -0.211. The van der Waals surface area contributed by atoms with Crippen LogP contribution in [0.1, 0.15) is 0 Å². The van der Waals surface area contributed by atoms with E-state index >= 15 is 0 Å². The monoisotopic (exact) mass is 115 g/mol. The van der Waals surface area contributed by atoms with Crippen molar-refractivity contribution >= 4 is 6.03 Å². The summed E-state index contributed by atoms with van der Waals surface area (Å²) >= 11 is 0. The molecular formula is CH3FeN2O-. The first-order valence-electron chi connectivity index (χ1n) is 0.743. The van der Waals surface area contributed by atoms with Crippen LogP contribution in [0.3, 0.4) is 0 Å². The summed E-state index contributed by atoms with van der Waals surface area (Å²) < 4.78 is 0.